The molecule has 0 bridgehead atoms. The van der Waals surface area contributed by atoms with Crippen molar-refractivity contribution in [2.45, 2.75) is 0 Å². The van der Waals surface area contributed by atoms with Gasteiger partial charge in [0.15, 0.2) is 10.2 Å². The maximum absolute atomic E-state index is 9.34. The van der Waals surface area contributed by atoms with Gasteiger partial charge >= 0.3 is 0 Å². The Kier molecular flexibility index (Phi) is 18.1. The lowest BCUT2D eigenvalue weighted by atomic mass is 11.1. The molecule has 0 atom stereocenters. The van der Waals surface area contributed by atoms with Crippen molar-refractivity contribution in [2.24, 2.45) is 11.5 Å². The molecule has 0 fully saturated rings. The zero-order valence-electron chi connectivity index (χ0n) is 6.44. The Bertz CT molecular complexity index is 166. The fourth-order valence-electron chi connectivity index (χ4n) is 0.116. The van der Waals surface area contributed by atoms with E-state index in [1.807, 2.05) is 10.6 Å². The summed E-state index contributed by atoms with van der Waals surface area (Å²) in [5.41, 5.74) is 9.58. The summed E-state index contributed by atoms with van der Waals surface area (Å²) in [5, 5.41) is 4.08. The Balaban J connectivity index is -0.000000143. The smallest absolute Gasteiger partial charge is 0.213 e. The Hall–Kier alpha value is -1.32. The number of rotatable bonds is 2. The van der Waals surface area contributed by atoms with Crippen molar-refractivity contribution in [3.05, 3.63) is 0 Å². The lowest BCUT2D eigenvalue weighted by Crippen LogP contribution is -2.27. The van der Waals surface area contributed by atoms with Crippen LogP contribution in [0.4, 0.5) is 0 Å². The topological polar surface area (TPSA) is 142 Å². The summed E-state index contributed by atoms with van der Waals surface area (Å²) in [4.78, 5) is 18.7. The minimum atomic E-state index is 0. The maximum atomic E-state index is 9.34. The van der Waals surface area contributed by atoms with E-state index in [9.17, 15) is 9.59 Å². The molecule has 0 aromatic heterocycles. The normalized spacial score (nSPS) is 6.15. The third kappa shape index (κ3) is 36.7. The molecule has 0 spiro atoms. The van der Waals surface area contributed by atoms with Gasteiger partial charge in [-0.2, -0.15) is 0 Å². The average Bonchev–Trinajstić information content (AvgIpc) is 1.87. The molecule has 7 nitrogen and oxygen atoms in total. The van der Waals surface area contributed by atoms with E-state index in [4.69, 9.17) is 11.5 Å². The van der Waals surface area contributed by atoms with Gasteiger partial charge in [-0.15, -0.1) is 0 Å². The first-order valence-electron chi connectivity index (χ1n) is 2.53. The molecule has 13 heavy (non-hydrogen) atoms. The molecular formula is C4H10N4O3S2. The molecule has 0 heterocycles. The first-order chi connectivity index (χ1) is 5.54. The Morgan fingerprint density at radius 1 is 1.00 bits per heavy atom. The van der Waals surface area contributed by atoms with Gasteiger partial charge in [-0.25, -0.2) is 0 Å². The number of nitrogens with one attached hydrogen (secondary N) is 2. The van der Waals surface area contributed by atoms with Crippen LogP contribution >= 0.6 is 24.4 Å². The molecule has 0 unspecified atom stereocenters. The molecule has 76 valence electrons. The van der Waals surface area contributed by atoms with Crippen LogP contribution in [0.1, 0.15) is 0 Å². The Morgan fingerprint density at radius 2 is 1.23 bits per heavy atom. The quantitative estimate of drug-likeness (QED) is 0.294. The molecule has 0 aliphatic rings. The van der Waals surface area contributed by atoms with Crippen molar-refractivity contribution >= 4 is 47.5 Å². The summed E-state index contributed by atoms with van der Waals surface area (Å²) in [7, 11) is 0. The van der Waals surface area contributed by atoms with E-state index in [0.717, 1.165) is 0 Å². The second-order valence-electron chi connectivity index (χ2n) is 1.25. The zero-order valence-corrected chi connectivity index (χ0v) is 8.08. The van der Waals surface area contributed by atoms with E-state index in [0.29, 0.717) is 12.8 Å². The summed E-state index contributed by atoms with van der Waals surface area (Å²) in [6.45, 7) is 0. The van der Waals surface area contributed by atoms with Crippen LogP contribution in [0.15, 0.2) is 0 Å². The van der Waals surface area contributed by atoms with Crippen LogP contribution in [0.3, 0.4) is 0 Å². The third-order valence-electron chi connectivity index (χ3n) is 0.402. The SMILES string of the molecule is NC(=S)NC=O.NC(=S)NC=O.O. The van der Waals surface area contributed by atoms with Crippen molar-refractivity contribution in [3.63, 3.8) is 0 Å². The minimum absolute atomic E-state index is 0. The highest BCUT2D eigenvalue weighted by atomic mass is 32.1. The first kappa shape index (κ1) is 17.7. The van der Waals surface area contributed by atoms with Crippen LogP contribution in [0.2, 0.25) is 0 Å². The molecule has 0 aromatic carbocycles. The molecule has 0 aliphatic heterocycles. The summed E-state index contributed by atoms with van der Waals surface area (Å²) in [5.74, 6) is 0. The fraction of sp³-hybridized carbons (Fsp3) is 0. The predicted molar refractivity (Wildman–Crippen MR) is 55.6 cm³/mol. The molecular weight excluding hydrogens is 216 g/mol. The first-order valence-corrected chi connectivity index (χ1v) is 3.35. The van der Waals surface area contributed by atoms with Crippen molar-refractivity contribution in [1.29, 1.82) is 0 Å². The van der Waals surface area contributed by atoms with Crippen molar-refractivity contribution in [1.82, 2.24) is 10.6 Å². The van der Waals surface area contributed by atoms with Crippen LogP contribution in [0, 0.1) is 0 Å². The molecule has 0 aromatic rings. The second kappa shape index (κ2) is 13.3. The number of thiocarbonyl (C=S) groups is 2. The summed E-state index contributed by atoms with van der Waals surface area (Å²) >= 11 is 8.46. The number of amides is 2. The largest absolute Gasteiger partial charge is 0.412 e. The Morgan fingerprint density at radius 3 is 1.23 bits per heavy atom. The predicted octanol–water partition coefficient (Wildman–Crippen LogP) is -2.87. The van der Waals surface area contributed by atoms with Crippen LogP contribution in [0.5, 0.6) is 0 Å². The molecule has 0 saturated heterocycles. The number of hydrogen-bond acceptors (Lipinski definition) is 4. The van der Waals surface area contributed by atoms with Crippen LogP contribution < -0.4 is 22.1 Å². The second-order valence-corrected chi connectivity index (χ2v) is 2.13. The van der Waals surface area contributed by atoms with Gasteiger partial charge in [-0.3, -0.25) is 9.59 Å². The average molecular weight is 226 g/mol. The van der Waals surface area contributed by atoms with Gasteiger partial charge in [-0.1, -0.05) is 0 Å². The molecule has 8 N–H and O–H groups in total. The molecule has 0 saturated carbocycles. The van der Waals surface area contributed by atoms with Crippen LogP contribution in [0.25, 0.3) is 0 Å². The van der Waals surface area contributed by atoms with Crippen molar-refractivity contribution in [3.8, 4) is 0 Å². The van der Waals surface area contributed by atoms with Gasteiger partial charge in [0.25, 0.3) is 0 Å². The van der Waals surface area contributed by atoms with E-state index in [2.05, 4.69) is 24.4 Å². The monoisotopic (exact) mass is 226 g/mol. The van der Waals surface area contributed by atoms with E-state index < -0.39 is 0 Å². The Labute approximate surface area is 85.1 Å². The highest BCUT2D eigenvalue weighted by molar-refractivity contribution is 7.80. The molecule has 0 radical (unpaired) electrons. The number of hydrogen-bond donors (Lipinski definition) is 4. The number of carbonyl (C=O) groups is 2. The highest BCUT2D eigenvalue weighted by Crippen LogP contribution is 1.45. The van der Waals surface area contributed by atoms with E-state index in [-0.39, 0.29) is 15.7 Å². The van der Waals surface area contributed by atoms with Crippen LogP contribution in [-0.4, -0.2) is 28.5 Å². The third-order valence-corrected chi connectivity index (χ3v) is 0.638. The zero-order chi connectivity index (χ0) is 9.98. The molecule has 9 heteroatoms. The van der Waals surface area contributed by atoms with Gasteiger partial charge in [-0.05, 0) is 24.4 Å². The number of carbonyl (C=O) groups excluding carboxylic acids is 2. The molecule has 2 amide bonds. The molecule has 0 rings (SSSR count). The van der Waals surface area contributed by atoms with E-state index in [1.54, 1.807) is 0 Å². The van der Waals surface area contributed by atoms with Gasteiger partial charge in [0.05, 0.1) is 0 Å². The lowest BCUT2D eigenvalue weighted by molar-refractivity contribution is -0.109. The van der Waals surface area contributed by atoms with Gasteiger partial charge in [0.1, 0.15) is 0 Å². The van der Waals surface area contributed by atoms with Crippen LogP contribution in [-0.2, 0) is 9.59 Å². The fourth-order valence-corrected chi connectivity index (χ4v) is 0.212. The number of nitrogens with two attached hydrogens (primary N) is 2. The summed E-state index contributed by atoms with van der Waals surface area (Å²) in [6, 6.07) is 0. The van der Waals surface area contributed by atoms with Gasteiger partial charge < -0.3 is 27.6 Å². The van der Waals surface area contributed by atoms with E-state index >= 15 is 0 Å². The highest BCUT2D eigenvalue weighted by Gasteiger charge is 1.74. The lowest BCUT2D eigenvalue weighted by Gasteiger charge is -1.84. The van der Waals surface area contributed by atoms with Gasteiger partial charge in [0, 0.05) is 0 Å². The summed E-state index contributed by atoms with van der Waals surface area (Å²) < 4.78 is 0. The minimum Gasteiger partial charge on any atom is -0.412 e. The van der Waals surface area contributed by atoms with Gasteiger partial charge in [0.2, 0.25) is 12.8 Å². The van der Waals surface area contributed by atoms with E-state index in [1.165, 1.54) is 0 Å². The summed E-state index contributed by atoms with van der Waals surface area (Å²) in [6.07, 6.45) is 0.866. The van der Waals surface area contributed by atoms with Crippen molar-refractivity contribution < 1.29 is 15.1 Å². The molecule has 0 aliphatic carbocycles. The maximum Gasteiger partial charge on any atom is 0.213 e. The standard InChI is InChI=1S/2C2H4N2OS.H2O/c2*3-2(6)4-1-5;/h2*1H,(H3,3,4,5,6);1H2. The van der Waals surface area contributed by atoms with Crippen molar-refractivity contribution in [2.75, 3.05) is 0 Å².